The molecule has 0 heterocycles. The predicted octanol–water partition coefficient (Wildman–Crippen LogP) is 0.549. The molecule has 0 aliphatic heterocycles. The Labute approximate surface area is 71.7 Å². The molecule has 68 valence electrons. The van der Waals surface area contributed by atoms with E-state index in [1.165, 1.54) is 6.92 Å². The second-order valence-electron chi connectivity index (χ2n) is 2.73. The van der Waals surface area contributed by atoms with E-state index in [0.717, 1.165) is 0 Å². The third kappa shape index (κ3) is 3.58. The zero-order valence-electron chi connectivity index (χ0n) is 6.40. The molecule has 0 aromatic carbocycles. The summed E-state index contributed by atoms with van der Waals surface area (Å²) in [4.78, 5) is 17.5. The lowest BCUT2D eigenvalue weighted by Gasteiger charge is -2.24. The van der Waals surface area contributed by atoms with Crippen molar-refractivity contribution in [3.8, 4) is 0 Å². The molecular weight excluding hydrogens is 185 g/mol. The van der Waals surface area contributed by atoms with Gasteiger partial charge in [-0.3, -0.25) is 4.57 Å². The Bertz CT molecular complexity index is 167. The largest absolute Gasteiger partial charge is 0.344 e. The molecule has 0 bridgehead atoms. The molecule has 0 radical (unpaired) electrons. The van der Waals surface area contributed by atoms with Crippen LogP contribution in [0.2, 0.25) is 0 Å². The first-order chi connectivity index (χ1) is 4.81. The molecule has 6 heteroatoms. The lowest BCUT2D eigenvalue weighted by molar-refractivity contribution is 0.324. The maximum atomic E-state index is 10.7. The van der Waals surface area contributed by atoms with Gasteiger partial charge in [-0.05, 0) is 25.5 Å². The molecule has 0 fully saturated rings. The molecule has 1 unspecified atom stereocenters. The van der Waals surface area contributed by atoms with Crippen LogP contribution in [0.4, 0.5) is 0 Å². The minimum atomic E-state index is -4.15. The maximum absolute atomic E-state index is 10.7. The lowest BCUT2D eigenvalue weighted by Crippen LogP contribution is -2.35. The first-order valence-electron chi connectivity index (χ1n) is 3.26. The monoisotopic (exact) mass is 199 g/mol. The van der Waals surface area contributed by atoms with Crippen LogP contribution in [-0.2, 0) is 4.57 Å². The summed E-state index contributed by atoms with van der Waals surface area (Å²) in [6, 6.07) is 0. The summed E-state index contributed by atoms with van der Waals surface area (Å²) >= 11 is 3.92. The fourth-order valence-corrected chi connectivity index (χ4v) is 1.19. The average Bonchev–Trinajstić information content (AvgIpc) is 1.81. The van der Waals surface area contributed by atoms with E-state index in [-0.39, 0.29) is 0 Å². The summed E-state index contributed by atoms with van der Waals surface area (Å²) in [5.41, 5.74) is 5.38. The van der Waals surface area contributed by atoms with E-state index in [1.54, 1.807) is 0 Å². The van der Waals surface area contributed by atoms with Gasteiger partial charge in [0.2, 0.25) is 0 Å². The molecule has 0 aromatic rings. The van der Waals surface area contributed by atoms with Crippen molar-refractivity contribution >= 4 is 20.2 Å². The van der Waals surface area contributed by atoms with E-state index in [4.69, 9.17) is 15.5 Å². The number of rotatable bonds is 4. The minimum Gasteiger partial charge on any atom is -0.323 e. The first-order valence-corrected chi connectivity index (χ1v) is 5.51. The topological polar surface area (TPSA) is 83.6 Å². The Hall–Kier alpha value is 0.460. The third-order valence-electron chi connectivity index (χ3n) is 1.51. The van der Waals surface area contributed by atoms with Crippen LogP contribution in [0.25, 0.3) is 0 Å². The second-order valence-corrected chi connectivity index (χ2v) is 5.29. The van der Waals surface area contributed by atoms with Gasteiger partial charge in [-0.25, -0.2) is 0 Å². The summed E-state index contributed by atoms with van der Waals surface area (Å²) < 4.78 is 10.7. The molecule has 0 saturated carbocycles. The normalized spacial score (nSPS) is 17.9. The molecule has 0 amide bonds. The molecule has 1 atom stereocenters. The Morgan fingerprint density at radius 3 is 2.36 bits per heavy atom. The molecular formula is C5H14NO3PS. The van der Waals surface area contributed by atoms with Gasteiger partial charge in [-0.2, -0.15) is 12.6 Å². The van der Waals surface area contributed by atoms with Gasteiger partial charge in [0.05, 0.1) is 0 Å². The SMILES string of the molecule is CC(N)(CCCS)P(=O)(O)O. The summed E-state index contributed by atoms with van der Waals surface area (Å²) in [6.45, 7) is 1.36. The van der Waals surface area contributed by atoms with E-state index in [2.05, 4.69) is 12.6 Å². The fourth-order valence-electron chi connectivity index (χ4n) is 0.583. The van der Waals surface area contributed by atoms with Gasteiger partial charge in [0.15, 0.2) is 0 Å². The summed E-state index contributed by atoms with van der Waals surface area (Å²) in [5.74, 6) is 0.590. The highest BCUT2D eigenvalue weighted by Gasteiger charge is 2.37. The number of hydrogen-bond acceptors (Lipinski definition) is 3. The van der Waals surface area contributed by atoms with E-state index in [9.17, 15) is 4.57 Å². The van der Waals surface area contributed by atoms with Crippen molar-refractivity contribution in [1.82, 2.24) is 0 Å². The van der Waals surface area contributed by atoms with Gasteiger partial charge < -0.3 is 15.5 Å². The lowest BCUT2D eigenvalue weighted by atomic mass is 10.2. The van der Waals surface area contributed by atoms with Crippen molar-refractivity contribution in [3.63, 3.8) is 0 Å². The fraction of sp³-hybridized carbons (Fsp3) is 1.00. The minimum absolute atomic E-state index is 0.292. The van der Waals surface area contributed by atoms with E-state index in [1.807, 2.05) is 0 Å². The summed E-state index contributed by atoms with van der Waals surface area (Å²) in [7, 11) is -4.15. The van der Waals surface area contributed by atoms with Gasteiger partial charge in [0.1, 0.15) is 5.28 Å². The molecule has 0 rings (SSSR count). The Balaban J connectivity index is 4.11. The molecule has 0 aliphatic rings. The molecule has 0 spiro atoms. The van der Waals surface area contributed by atoms with Crippen molar-refractivity contribution in [2.75, 3.05) is 5.75 Å². The van der Waals surface area contributed by atoms with Crippen LogP contribution in [0.1, 0.15) is 19.8 Å². The van der Waals surface area contributed by atoms with Crippen molar-refractivity contribution in [3.05, 3.63) is 0 Å². The van der Waals surface area contributed by atoms with Crippen LogP contribution >= 0.6 is 20.2 Å². The highest BCUT2D eigenvalue weighted by molar-refractivity contribution is 7.80. The van der Waals surface area contributed by atoms with Crippen LogP contribution in [0.3, 0.4) is 0 Å². The van der Waals surface area contributed by atoms with Gasteiger partial charge in [0.25, 0.3) is 0 Å². The first kappa shape index (κ1) is 11.5. The molecule has 11 heavy (non-hydrogen) atoms. The van der Waals surface area contributed by atoms with Crippen molar-refractivity contribution in [1.29, 1.82) is 0 Å². The average molecular weight is 199 g/mol. The number of thiol groups is 1. The number of nitrogens with two attached hydrogens (primary N) is 1. The van der Waals surface area contributed by atoms with Crippen LogP contribution in [-0.4, -0.2) is 20.8 Å². The summed E-state index contributed by atoms with van der Waals surface area (Å²) in [6.07, 6.45) is 0.905. The Morgan fingerprint density at radius 2 is 2.09 bits per heavy atom. The standard InChI is InChI=1S/C5H14NO3PS/c1-5(6,3-2-4-11)10(7,8)9/h11H,2-4,6H2,1H3,(H2,7,8,9). The number of hydrogen-bond donors (Lipinski definition) is 4. The predicted molar refractivity (Wildman–Crippen MR) is 47.7 cm³/mol. The third-order valence-corrected chi connectivity index (χ3v) is 3.38. The van der Waals surface area contributed by atoms with Crippen molar-refractivity contribution in [2.24, 2.45) is 5.73 Å². The zero-order chi connectivity index (χ0) is 9.12. The van der Waals surface area contributed by atoms with E-state index >= 15 is 0 Å². The smallest absolute Gasteiger partial charge is 0.323 e. The van der Waals surface area contributed by atoms with Gasteiger partial charge >= 0.3 is 7.60 Å². The zero-order valence-corrected chi connectivity index (χ0v) is 8.18. The molecule has 4 N–H and O–H groups in total. The highest BCUT2D eigenvalue weighted by atomic mass is 32.1. The van der Waals surface area contributed by atoms with Crippen LogP contribution in [0.15, 0.2) is 0 Å². The van der Waals surface area contributed by atoms with Gasteiger partial charge in [-0.1, -0.05) is 0 Å². The molecule has 0 aromatic heterocycles. The Morgan fingerprint density at radius 1 is 1.64 bits per heavy atom. The summed E-state index contributed by atoms with van der Waals surface area (Å²) in [5, 5.41) is -1.39. The van der Waals surface area contributed by atoms with Gasteiger partial charge in [-0.15, -0.1) is 0 Å². The Kier molecular flexibility index (Phi) is 4.08. The molecule has 0 aliphatic carbocycles. The van der Waals surface area contributed by atoms with Crippen molar-refractivity contribution in [2.45, 2.75) is 25.0 Å². The van der Waals surface area contributed by atoms with Crippen LogP contribution in [0, 0.1) is 0 Å². The van der Waals surface area contributed by atoms with Crippen molar-refractivity contribution < 1.29 is 14.4 Å². The van der Waals surface area contributed by atoms with Crippen LogP contribution in [0.5, 0.6) is 0 Å². The van der Waals surface area contributed by atoms with Gasteiger partial charge in [0, 0.05) is 0 Å². The molecule has 4 nitrogen and oxygen atoms in total. The molecule has 0 saturated heterocycles. The van der Waals surface area contributed by atoms with E-state index < -0.39 is 12.9 Å². The maximum Gasteiger partial charge on any atom is 0.344 e. The van der Waals surface area contributed by atoms with Crippen LogP contribution < -0.4 is 5.73 Å². The highest BCUT2D eigenvalue weighted by Crippen LogP contribution is 2.48. The second kappa shape index (κ2) is 3.92. The van der Waals surface area contributed by atoms with E-state index in [0.29, 0.717) is 18.6 Å². The quantitative estimate of drug-likeness (QED) is 0.393.